The number of hydrogen-bond donors (Lipinski definition) is 2. The molecule has 1 aliphatic rings. The number of amides is 1. The van der Waals surface area contributed by atoms with Crippen LogP contribution in [0.4, 0.5) is 0 Å². The quantitative estimate of drug-likeness (QED) is 0.769. The van der Waals surface area contributed by atoms with Crippen LogP contribution in [0.15, 0.2) is 54.7 Å². The first kappa shape index (κ1) is 15.8. The van der Waals surface area contributed by atoms with Crippen LogP contribution >= 0.6 is 0 Å². The number of aromatic nitrogens is 2. The van der Waals surface area contributed by atoms with E-state index in [9.17, 15) is 9.90 Å². The van der Waals surface area contributed by atoms with E-state index in [0.29, 0.717) is 12.0 Å². The van der Waals surface area contributed by atoms with Crippen LogP contribution in [0, 0.1) is 0 Å². The summed E-state index contributed by atoms with van der Waals surface area (Å²) in [6.45, 7) is 0.732. The summed E-state index contributed by atoms with van der Waals surface area (Å²) in [5, 5.41) is 18.4. The average molecular weight is 335 g/mol. The van der Waals surface area contributed by atoms with Gasteiger partial charge in [0.15, 0.2) is 0 Å². The number of nitrogens with one attached hydrogen (secondary N) is 1. The van der Waals surface area contributed by atoms with Gasteiger partial charge in [-0.3, -0.25) is 9.89 Å². The first-order valence-corrected chi connectivity index (χ1v) is 8.70. The molecule has 128 valence electrons. The largest absolute Gasteiger partial charge is 0.388 e. The van der Waals surface area contributed by atoms with Gasteiger partial charge in [0.25, 0.3) is 5.91 Å². The van der Waals surface area contributed by atoms with Crippen LogP contribution in [-0.4, -0.2) is 38.7 Å². The molecule has 5 nitrogen and oxygen atoms in total. The molecule has 1 saturated heterocycles. The third kappa shape index (κ3) is 3.03. The maximum atomic E-state index is 13.1. The van der Waals surface area contributed by atoms with Crippen LogP contribution in [-0.2, 0) is 0 Å². The molecule has 0 aliphatic carbocycles. The number of aromatic amines is 1. The summed E-state index contributed by atoms with van der Waals surface area (Å²) in [4.78, 5) is 15.0. The van der Waals surface area contributed by atoms with Gasteiger partial charge in [0.05, 0.1) is 23.4 Å². The number of likely N-dealkylation sites (tertiary alicyclic amines) is 1. The number of rotatable bonds is 4. The van der Waals surface area contributed by atoms with Gasteiger partial charge in [0, 0.05) is 18.0 Å². The number of fused-ring (bicyclic) bond motifs is 1. The molecule has 5 heteroatoms. The minimum absolute atomic E-state index is 0.0117. The van der Waals surface area contributed by atoms with Crippen molar-refractivity contribution in [2.45, 2.75) is 31.4 Å². The van der Waals surface area contributed by atoms with Crippen LogP contribution in [0.5, 0.6) is 0 Å². The van der Waals surface area contributed by atoms with Crippen LogP contribution in [0.25, 0.3) is 10.9 Å². The summed E-state index contributed by atoms with van der Waals surface area (Å²) in [5.41, 5.74) is 2.33. The van der Waals surface area contributed by atoms with Crippen molar-refractivity contribution in [2.75, 3.05) is 6.54 Å². The molecule has 0 radical (unpaired) electrons. The van der Waals surface area contributed by atoms with Crippen molar-refractivity contribution in [3.8, 4) is 0 Å². The van der Waals surface area contributed by atoms with Crippen molar-refractivity contribution in [1.82, 2.24) is 15.1 Å². The lowest BCUT2D eigenvalue weighted by atomic mass is 10.00. The minimum atomic E-state index is -0.553. The zero-order chi connectivity index (χ0) is 17.2. The zero-order valence-electron chi connectivity index (χ0n) is 13.9. The molecule has 4 rings (SSSR count). The molecule has 2 atom stereocenters. The van der Waals surface area contributed by atoms with Gasteiger partial charge in [0.1, 0.15) is 0 Å². The van der Waals surface area contributed by atoms with Crippen molar-refractivity contribution in [3.63, 3.8) is 0 Å². The lowest BCUT2D eigenvalue weighted by Crippen LogP contribution is -2.36. The van der Waals surface area contributed by atoms with Gasteiger partial charge in [-0.25, -0.2) is 0 Å². The van der Waals surface area contributed by atoms with E-state index in [1.807, 2.05) is 53.4 Å². The van der Waals surface area contributed by atoms with Gasteiger partial charge >= 0.3 is 0 Å². The van der Waals surface area contributed by atoms with Crippen molar-refractivity contribution < 1.29 is 9.90 Å². The number of aliphatic hydroxyl groups excluding tert-OH is 1. The topological polar surface area (TPSA) is 69.2 Å². The molecule has 2 heterocycles. The number of aliphatic hydroxyl groups is 1. The minimum Gasteiger partial charge on any atom is -0.388 e. The molecule has 1 amide bonds. The number of hydrogen-bond acceptors (Lipinski definition) is 3. The average Bonchev–Trinajstić information content (AvgIpc) is 3.30. The standard InChI is InChI=1S/C20H21N3O2/c24-18(14-6-2-1-3-7-14)12-16-9-5-11-23(16)20(25)17-10-4-8-15-13-21-22-19(15)17/h1-4,6-8,10,13,16,18,24H,5,9,11-12H2,(H,21,22)/t16-,18-/m0/s1. The molecule has 0 spiro atoms. The van der Waals surface area contributed by atoms with Crippen molar-refractivity contribution in [1.29, 1.82) is 0 Å². The van der Waals surface area contributed by atoms with E-state index in [0.717, 1.165) is 35.9 Å². The first-order chi connectivity index (χ1) is 12.2. The molecule has 0 bridgehead atoms. The SMILES string of the molecule is O=C(c1cccc2cn[nH]c12)N1CCC[C@H]1C[C@H](O)c1ccccc1. The van der Waals surface area contributed by atoms with Crippen molar-refractivity contribution in [2.24, 2.45) is 0 Å². The van der Waals surface area contributed by atoms with Gasteiger partial charge in [-0.05, 0) is 30.9 Å². The Labute approximate surface area is 146 Å². The molecule has 3 aromatic rings. The summed E-state index contributed by atoms with van der Waals surface area (Å²) in [6.07, 6.45) is 3.63. The molecule has 25 heavy (non-hydrogen) atoms. The Kier molecular flexibility index (Phi) is 4.24. The normalized spacial score (nSPS) is 18.6. The molecule has 2 N–H and O–H groups in total. The Bertz CT molecular complexity index is 875. The Morgan fingerprint density at radius 2 is 2.08 bits per heavy atom. The summed E-state index contributed by atoms with van der Waals surface area (Å²) < 4.78 is 0. The Hall–Kier alpha value is -2.66. The summed E-state index contributed by atoms with van der Waals surface area (Å²) >= 11 is 0. The first-order valence-electron chi connectivity index (χ1n) is 8.70. The van der Waals surface area contributed by atoms with Gasteiger partial charge in [-0.2, -0.15) is 5.10 Å². The van der Waals surface area contributed by atoms with Crippen LogP contribution in [0.2, 0.25) is 0 Å². The van der Waals surface area contributed by atoms with E-state index < -0.39 is 6.10 Å². The maximum Gasteiger partial charge on any atom is 0.256 e. The number of H-pyrrole nitrogens is 1. The number of carbonyl (C=O) groups is 1. The van der Waals surface area contributed by atoms with E-state index in [4.69, 9.17) is 0 Å². The van der Waals surface area contributed by atoms with E-state index >= 15 is 0 Å². The number of para-hydroxylation sites is 1. The van der Waals surface area contributed by atoms with Crippen molar-refractivity contribution in [3.05, 3.63) is 65.9 Å². The second kappa shape index (κ2) is 6.69. The van der Waals surface area contributed by atoms with Gasteiger partial charge in [0.2, 0.25) is 0 Å². The summed E-state index contributed by atoms with van der Waals surface area (Å²) in [6, 6.07) is 15.4. The van der Waals surface area contributed by atoms with E-state index in [1.54, 1.807) is 6.20 Å². The molecule has 1 fully saturated rings. The van der Waals surface area contributed by atoms with Crippen LogP contribution in [0.3, 0.4) is 0 Å². The highest BCUT2D eigenvalue weighted by atomic mass is 16.3. The third-order valence-electron chi connectivity index (χ3n) is 5.02. The Morgan fingerprint density at radius 1 is 1.24 bits per heavy atom. The molecule has 1 aliphatic heterocycles. The second-order valence-electron chi connectivity index (χ2n) is 6.60. The highest BCUT2D eigenvalue weighted by Crippen LogP contribution is 2.29. The number of carbonyl (C=O) groups excluding carboxylic acids is 1. The highest BCUT2D eigenvalue weighted by molar-refractivity contribution is 6.05. The predicted molar refractivity (Wildman–Crippen MR) is 96.2 cm³/mol. The van der Waals surface area contributed by atoms with Crippen LogP contribution < -0.4 is 0 Å². The Morgan fingerprint density at radius 3 is 2.92 bits per heavy atom. The molecule has 2 aromatic carbocycles. The third-order valence-corrected chi connectivity index (χ3v) is 5.02. The fourth-order valence-corrected chi connectivity index (χ4v) is 3.72. The van der Waals surface area contributed by atoms with Gasteiger partial charge in [-0.15, -0.1) is 0 Å². The molecule has 0 saturated carbocycles. The second-order valence-corrected chi connectivity index (χ2v) is 6.60. The zero-order valence-corrected chi connectivity index (χ0v) is 13.9. The Balaban J connectivity index is 1.55. The monoisotopic (exact) mass is 335 g/mol. The maximum absolute atomic E-state index is 13.1. The molecular weight excluding hydrogens is 314 g/mol. The fourth-order valence-electron chi connectivity index (χ4n) is 3.72. The number of nitrogens with zero attached hydrogens (tertiary/aromatic N) is 2. The van der Waals surface area contributed by atoms with E-state index in [-0.39, 0.29) is 11.9 Å². The summed E-state index contributed by atoms with van der Waals surface area (Å²) in [5.74, 6) is 0.0117. The number of benzene rings is 2. The lowest BCUT2D eigenvalue weighted by molar-refractivity contribution is 0.0669. The van der Waals surface area contributed by atoms with Gasteiger partial charge < -0.3 is 10.0 Å². The van der Waals surface area contributed by atoms with E-state index in [1.165, 1.54) is 0 Å². The predicted octanol–water partition coefficient (Wildman–Crippen LogP) is 3.29. The lowest BCUT2D eigenvalue weighted by Gasteiger charge is -2.27. The fraction of sp³-hybridized carbons (Fsp3) is 0.300. The van der Waals surface area contributed by atoms with Crippen molar-refractivity contribution >= 4 is 16.8 Å². The molecule has 0 unspecified atom stereocenters. The smallest absolute Gasteiger partial charge is 0.256 e. The van der Waals surface area contributed by atoms with Crippen LogP contribution in [0.1, 0.15) is 41.3 Å². The molecular formula is C20H21N3O2. The molecule has 1 aromatic heterocycles. The van der Waals surface area contributed by atoms with Gasteiger partial charge in [-0.1, -0.05) is 42.5 Å². The van der Waals surface area contributed by atoms with E-state index in [2.05, 4.69) is 10.2 Å². The summed E-state index contributed by atoms with van der Waals surface area (Å²) in [7, 11) is 0. The highest BCUT2D eigenvalue weighted by Gasteiger charge is 2.32.